The summed E-state index contributed by atoms with van der Waals surface area (Å²) in [5.41, 5.74) is 5.39. The first-order valence-electron chi connectivity index (χ1n) is 9.56. The molecule has 0 aromatic carbocycles. The summed E-state index contributed by atoms with van der Waals surface area (Å²) in [5, 5.41) is 3.42. The molecule has 0 radical (unpaired) electrons. The van der Waals surface area contributed by atoms with Crippen molar-refractivity contribution in [1.82, 2.24) is 15.1 Å². The quantitative estimate of drug-likeness (QED) is 0.339. The Morgan fingerprint density at radius 3 is 2.62 bits per heavy atom. The maximum absolute atomic E-state index is 11.2. The number of hydrogen-bond acceptors (Lipinski definition) is 4. The number of guanidine groups is 1. The molecule has 2 fully saturated rings. The van der Waals surface area contributed by atoms with Crippen LogP contribution in [0, 0.1) is 5.92 Å². The van der Waals surface area contributed by atoms with Gasteiger partial charge in [0.1, 0.15) is 0 Å². The summed E-state index contributed by atoms with van der Waals surface area (Å²) < 4.78 is 5.46. The first kappa shape index (κ1) is 23.4. The van der Waals surface area contributed by atoms with Crippen LogP contribution in [-0.2, 0) is 9.53 Å². The Bertz CT molecular complexity index is 466. The summed E-state index contributed by atoms with van der Waals surface area (Å²) in [6.07, 6.45) is 2.61. The van der Waals surface area contributed by atoms with Gasteiger partial charge in [-0.05, 0) is 39.5 Å². The fraction of sp³-hybridized carbons (Fsp3) is 0.889. The predicted octanol–water partition coefficient (Wildman–Crippen LogP) is 1.27. The van der Waals surface area contributed by atoms with Gasteiger partial charge in [-0.25, -0.2) is 0 Å². The van der Waals surface area contributed by atoms with E-state index in [9.17, 15) is 4.79 Å². The van der Waals surface area contributed by atoms with Crippen LogP contribution >= 0.6 is 24.0 Å². The Balaban J connectivity index is 0.00000338. The van der Waals surface area contributed by atoms with Crippen LogP contribution in [0.15, 0.2) is 4.99 Å². The van der Waals surface area contributed by atoms with Crippen molar-refractivity contribution in [3.63, 3.8) is 0 Å². The van der Waals surface area contributed by atoms with Crippen LogP contribution in [-0.4, -0.2) is 79.7 Å². The highest BCUT2D eigenvalue weighted by atomic mass is 127. The molecule has 2 rings (SSSR count). The van der Waals surface area contributed by atoms with Crippen LogP contribution in [0.2, 0.25) is 0 Å². The zero-order valence-electron chi connectivity index (χ0n) is 16.5. The van der Waals surface area contributed by atoms with E-state index in [0.29, 0.717) is 12.3 Å². The molecule has 1 amide bonds. The minimum atomic E-state index is -0.206. The number of rotatable bonds is 6. The summed E-state index contributed by atoms with van der Waals surface area (Å²) in [6, 6.07) is 0. The molecule has 7 nitrogen and oxygen atoms in total. The highest BCUT2D eigenvalue weighted by Crippen LogP contribution is 2.20. The van der Waals surface area contributed by atoms with Crippen LogP contribution in [0.5, 0.6) is 0 Å². The number of nitrogens with one attached hydrogen (secondary N) is 1. The molecule has 2 heterocycles. The molecule has 152 valence electrons. The first-order valence-corrected chi connectivity index (χ1v) is 9.56. The van der Waals surface area contributed by atoms with E-state index in [2.05, 4.69) is 35.9 Å². The lowest BCUT2D eigenvalue weighted by Crippen LogP contribution is -2.53. The summed E-state index contributed by atoms with van der Waals surface area (Å²) in [6.45, 7) is 13.5. The van der Waals surface area contributed by atoms with E-state index in [1.807, 2.05) is 0 Å². The van der Waals surface area contributed by atoms with Crippen molar-refractivity contribution < 1.29 is 9.53 Å². The van der Waals surface area contributed by atoms with Gasteiger partial charge in [-0.15, -0.1) is 24.0 Å². The Labute approximate surface area is 175 Å². The molecular weight excluding hydrogens is 445 g/mol. The largest absolute Gasteiger partial charge is 0.379 e. The highest BCUT2D eigenvalue weighted by molar-refractivity contribution is 14.0. The zero-order chi connectivity index (χ0) is 18.3. The fourth-order valence-corrected chi connectivity index (χ4v) is 3.67. The minimum Gasteiger partial charge on any atom is -0.379 e. The number of amides is 1. The number of morpholine rings is 1. The van der Waals surface area contributed by atoms with E-state index in [-0.39, 0.29) is 35.4 Å². The lowest BCUT2D eigenvalue weighted by atomic mass is 9.95. The third kappa shape index (κ3) is 7.19. The Kier molecular flexibility index (Phi) is 10.2. The summed E-state index contributed by atoms with van der Waals surface area (Å²) in [4.78, 5) is 20.9. The molecular formula is C18H36IN5O2. The molecule has 1 atom stereocenters. The molecule has 1 unspecified atom stereocenters. The maximum Gasteiger partial charge on any atom is 0.217 e. The summed E-state index contributed by atoms with van der Waals surface area (Å²) in [7, 11) is 0. The number of primary amides is 1. The zero-order valence-corrected chi connectivity index (χ0v) is 18.8. The van der Waals surface area contributed by atoms with Gasteiger partial charge in [0, 0.05) is 44.7 Å². The first-order chi connectivity index (χ1) is 11.9. The van der Waals surface area contributed by atoms with Crippen LogP contribution in [0.1, 0.15) is 40.0 Å². The molecule has 0 aromatic heterocycles. The number of aliphatic imine (C=N–C) groups is 1. The van der Waals surface area contributed by atoms with Gasteiger partial charge in [-0.1, -0.05) is 0 Å². The van der Waals surface area contributed by atoms with E-state index in [0.717, 1.165) is 71.3 Å². The average molecular weight is 481 g/mol. The third-order valence-corrected chi connectivity index (χ3v) is 5.13. The number of carbonyl (C=O) groups excluding carboxylic acids is 1. The van der Waals surface area contributed by atoms with Gasteiger partial charge in [-0.2, -0.15) is 0 Å². The smallest absolute Gasteiger partial charge is 0.217 e. The van der Waals surface area contributed by atoms with Crippen molar-refractivity contribution in [3.8, 4) is 0 Å². The third-order valence-electron chi connectivity index (χ3n) is 5.13. The van der Waals surface area contributed by atoms with Crippen LogP contribution < -0.4 is 11.1 Å². The number of ether oxygens (including phenoxy) is 1. The molecule has 0 saturated carbocycles. The molecule has 0 aromatic rings. The summed E-state index contributed by atoms with van der Waals surface area (Å²) >= 11 is 0. The van der Waals surface area contributed by atoms with Crippen molar-refractivity contribution in [2.75, 3.05) is 52.5 Å². The van der Waals surface area contributed by atoms with Gasteiger partial charge >= 0.3 is 0 Å². The van der Waals surface area contributed by atoms with Crippen LogP contribution in [0.3, 0.4) is 0 Å². The Morgan fingerprint density at radius 2 is 2.00 bits per heavy atom. The van der Waals surface area contributed by atoms with E-state index in [1.165, 1.54) is 0 Å². The summed E-state index contributed by atoms with van der Waals surface area (Å²) in [5.74, 6) is 1.09. The van der Waals surface area contributed by atoms with Crippen molar-refractivity contribution in [3.05, 3.63) is 0 Å². The molecule has 0 bridgehead atoms. The minimum absolute atomic E-state index is 0. The molecule has 8 heteroatoms. The lowest BCUT2D eigenvalue weighted by Gasteiger charge is -2.40. The molecule has 2 saturated heterocycles. The van der Waals surface area contributed by atoms with Crippen molar-refractivity contribution in [1.29, 1.82) is 0 Å². The maximum atomic E-state index is 11.2. The van der Waals surface area contributed by atoms with E-state index < -0.39 is 0 Å². The van der Waals surface area contributed by atoms with Crippen molar-refractivity contribution >= 4 is 35.8 Å². The van der Waals surface area contributed by atoms with Gasteiger partial charge in [0.05, 0.1) is 19.8 Å². The van der Waals surface area contributed by atoms with Gasteiger partial charge in [0.2, 0.25) is 5.91 Å². The monoisotopic (exact) mass is 481 g/mol. The predicted molar refractivity (Wildman–Crippen MR) is 116 cm³/mol. The van der Waals surface area contributed by atoms with Crippen LogP contribution in [0.4, 0.5) is 0 Å². The Morgan fingerprint density at radius 1 is 1.31 bits per heavy atom. The second-order valence-corrected chi connectivity index (χ2v) is 7.71. The van der Waals surface area contributed by atoms with Crippen LogP contribution in [0.25, 0.3) is 0 Å². The lowest BCUT2D eigenvalue weighted by molar-refractivity contribution is -0.119. The van der Waals surface area contributed by atoms with Gasteiger partial charge in [0.15, 0.2) is 5.96 Å². The van der Waals surface area contributed by atoms with Gasteiger partial charge in [-0.3, -0.25) is 14.7 Å². The number of carbonyl (C=O) groups is 1. The number of nitrogens with zero attached hydrogens (tertiary/aromatic N) is 3. The van der Waals surface area contributed by atoms with E-state index in [4.69, 9.17) is 15.5 Å². The SMILES string of the molecule is CCNC(=NCC(C)(C)N1CCOCC1)N1CCCC(CC(N)=O)C1.I. The number of halogens is 1. The molecule has 2 aliphatic heterocycles. The molecule has 3 N–H and O–H groups in total. The highest BCUT2D eigenvalue weighted by Gasteiger charge is 2.29. The number of likely N-dealkylation sites (tertiary alicyclic amines) is 1. The molecule has 26 heavy (non-hydrogen) atoms. The number of hydrogen-bond donors (Lipinski definition) is 2. The molecule has 0 aliphatic carbocycles. The standard InChI is InChI=1S/C18H35N5O2.HI/c1-4-20-17(22-7-5-6-15(13-22)12-16(19)24)21-14-18(2,3)23-8-10-25-11-9-23;/h15H,4-14H2,1-3H3,(H2,19,24)(H,20,21);1H. The van der Waals surface area contributed by atoms with Crippen molar-refractivity contribution in [2.24, 2.45) is 16.6 Å². The van der Waals surface area contributed by atoms with Gasteiger partial charge < -0.3 is 20.7 Å². The van der Waals surface area contributed by atoms with Gasteiger partial charge in [0.25, 0.3) is 0 Å². The normalized spacial score (nSPS) is 22.7. The second-order valence-electron chi connectivity index (χ2n) is 7.71. The Hall–Kier alpha value is -0.610. The second kappa shape index (κ2) is 11.3. The fourth-order valence-electron chi connectivity index (χ4n) is 3.67. The molecule has 0 spiro atoms. The average Bonchev–Trinajstić information content (AvgIpc) is 2.59. The number of piperidine rings is 1. The van der Waals surface area contributed by atoms with E-state index >= 15 is 0 Å². The van der Waals surface area contributed by atoms with E-state index in [1.54, 1.807) is 0 Å². The number of nitrogens with two attached hydrogens (primary N) is 1. The van der Waals surface area contributed by atoms with Crippen molar-refractivity contribution in [2.45, 2.75) is 45.6 Å². The topological polar surface area (TPSA) is 83.2 Å². The molecule has 2 aliphatic rings.